The van der Waals surface area contributed by atoms with Crippen LogP contribution in [0.1, 0.15) is 24.5 Å². The molecule has 26 heavy (non-hydrogen) atoms. The van der Waals surface area contributed by atoms with Crippen molar-refractivity contribution in [1.29, 1.82) is 0 Å². The van der Waals surface area contributed by atoms with Gasteiger partial charge in [0.2, 0.25) is 0 Å². The number of aryl methyl sites for hydroxylation is 2. The van der Waals surface area contributed by atoms with Crippen molar-refractivity contribution in [3.05, 3.63) is 54.0 Å². The number of H-pyrrole nitrogens is 1. The molecule has 2 aromatic heterocycles. The van der Waals surface area contributed by atoms with Crippen LogP contribution in [0, 0.1) is 6.92 Å². The van der Waals surface area contributed by atoms with Gasteiger partial charge in [-0.25, -0.2) is 0 Å². The van der Waals surface area contributed by atoms with Crippen LogP contribution in [0.4, 0.5) is 0 Å². The first-order valence-electron chi connectivity index (χ1n) is 9.32. The van der Waals surface area contributed by atoms with Crippen molar-refractivity contribution >= 4 is 16.9 Å². The van der Waals surface area contributed by atoms with Crippen LogP contribution in [0.2, 0.25) is 0 Å². The Morgan fingerprint density at radius 1 is 1.31 bits per heavy atom. The van der Waals surface area contributed by atoms with Crippen molar-refractivity contribution in [1.82, 2.24) is 25.4 Å². The first-order valence-corrected chi connectivity index (χ1v) is 9.32. The lowest BCUT2D eigenvalue weighted by Gasteiger charge is -2.11. The van der Waals surface area contributed by atoms with Gasteiger partial charge < -0.3 is 15.6 Å². The summed E-state index contributed by atoms with van der Waals surface area (Å²) in [5, 5.41) is 12.3. The van der Waals surface area contributed by atoms with Gasteiger partial charge in [0.05, 0.1) is 0 Å². The lowest BCUT2D eigenvalue weighted by molar-refractivity contribution is 0.584. The molecule has 6 nitrogen and oxygen atoms in total. The molecular weight excluding hydrogens is 324 g/mol. The average molecular weight is 352 g/mol. The minimum absolute atomic E-state index is 0.779. The fourth-order valence-corrected chi connectivity index (χ4v) is 3.02. The summed E-state index contributed by atoms with van der Waals surface area (Å²) in [7, 11) is 0. The minimum Gasteiger partial charge on any atom is -0.361 e. The fraction of sp³-hybridized carbons (Fsp3) is 0.400. The summed E-state index contributed by atoms with van der Waals surface area (Å²) >= 11 is 0. The second-order valence-corrected chi connectivity index (χ2v) is 6.42. The van der Waals surface area contributed by atoms with Crippen molar-refractivity contribution < 1.29 is 0 Å². The second-order valence-electron chi connectivity index (χ2n) is 6.42. The molecule has 1 aromatic carbocycles. The van der Waals surface area contributed by atoms with E-state index in [0.29, 0.717) is 0 Å². The van der Waals surface area contributed by atoms with E-state index in [4.69, 9.17) is 0 Å². The van der Waals surface area contributed by atoms with Crippen molar-refractivity contribution in [2.24, 2.45) is 4.99 Å². The van der Waals surface area contributed by atoms with E-state index < -0.39 is 0 Å². The van der Waals surface area contributed by atoms with Gasteiger partial charge >= 0.3 is 0 Å². The number of guanidine groups is 1. The number of fused-ring (bicyclic) bond motifs is 1. The predicted octanol–water partition coefficient (Wildman–Crippen LogP) is 2.86. The first kappa shape index (κ1) is 18.0. The van der Waals surface area contributed by atoms with Gasteiger partial charge in [0.15, 0.2) is 5.96 Å². The Hall–Kier alpha value is -2.76. The lowest BCUT2D eigenvalue weighted by atomic mass is 10.1. The summed E-state index contributed by atoms with van der Waals surface area (Å²) in [6.07, 6.45) is 7.83. The molecule has 6 heteroatoms. The van der Waals surface area contributed by atoms with Crippen molar-refractivity contribution in [2.75, 3.05) is 19.6 Å². The van der Waals surface area contributed by atoms with Crippen molar-refractivity contribution in [3.8, 4) is 0 Å². The van der Waals surface area contributed by atoms with E-state index in [2.05, 4.69) is 64.0 Å². The van der Waals surface area contributed by atoms with E-state index in [1.165, 1.54) is 22.0 Å². The Morgan fingerprint density at radius 3 is 3.04 bits per heavy atom. The molecule has 0 fully saturated rings. The average Bonchev–Trinajstić information content (AvgIpc) is 3.28. The number of benzene rings is 1. The summed E-state index contributed by atoms with van der Waals surface area (Å²) in [5.74, 6) is 0.878. The zero-order valence-corrected chi connectivity index (χ0v) is 15.6. The number of aromatic amines is 1. The van der Waals surface area contributed by atoms with E-state index >= 15 is 0 Å². The molecule has 0 radical (unpaired) electrons. The van der Waals surface area contributed by atoms with Crippen LogP contribution in [0.25, 0.3) is 10.9 Å². The highest BCUT2D eigenvalue weighted by Crippen LogP contribution is 2.19. The van der Waals surface area contributed by atoms with Gasteiger partial charge in [-0.2, -0.15) is 5.10 Å². The number of nitrogens with one attached hydrogen (secondary N) is 3. The quantitative estimate of drug-likeness (QED) is 0.332. The van der Waals surface area contributed by atoms with Crippen molar-refractivity contribution in [2.45, 2.75) is 33.2 Å². The van der Waals surface area contributed by atoms with Crippen molar-refractivity contribution in [3.63, 3.8) is 0 Å². The SMILES string of the molecule is CCNC(=NCCCn1cccn1)NCCc1c[nH]c2cc(C)ccc12. The summed E-state index contributed by atoms with van der Waals surface area (Å²) in [4.78, 5) is 8.02. The second kappa shape index (κ2) is 9.08. The van der Waals surface area contributed by atoms with Crippen LogP contribution in [0.3, 0.4) is 0 Å². The highest BCUT2D eigenvalue weighted by molar-refractivity contribution is 5.84. The van der Waals surface area contributed by atoms with Gasteiger partial charge in [0, 0.05) is 55.7 Å². The van der Waals surface area contributed by atoms with E-state index in [9.17, 15) is 0 Å². The molecule has 138 valence electrons. The molecule has 0 atom stereocenters. The monoisotopic (exact) mass is 352 g/mol. The van der Waals surface area contributed by atoms with Crippen LogP contribution in [-0.4, -0.2) is 40.4 Å². The van der Waals surface area contributed by atoms with Crippen LogP contribution in [-0.2, 0) is 13.0 Å². The number of hydrogen-bond acceptors (Lipinski definition) is 2. The van der Waals surface area contributed by atoms with E-state index in [1.807, 2.05) is 16.9 Å². The molecule has 3 aromatic rings. The van der Waals surface area contributed by atoms with Gasteiger partial charge in [-0.15, -0.1) is 0 Å². The summed E-state index contributed by atoms with van der Waals surface area (Å²) in [6, 6.07) is 8.50. The smallest absolute Gasteiger partial charge is 0.191 e. The van der Waals surface area contributed by atoms with Gasteiger partial charge in [-0.05, 0) is 49.9 Å². The Kier molecular flexibility index (Phi) is 6.30. The third-order valence-corrected chi connectivity index (χ3v) is 4.33. The molecule has 0 aliphatic heterocycles. The maximum Gasteiger partial charge on any atom is 0.191 e. The summed E-state index contributed by atoms with van der Waals surface area (Å²) in [5.41, 5.74) is 3.82. The van der Waals surface area contributed by atoms with Crippen LogP contribution < -0.4 is 10.6 Å². The summed E-state index contributed by atoms with van der Waals surface area (Å²) in [6.45, 7) is 7.59. The zero-order chi connectivity index (χ0) is 18.2. The molecule has 0 saturated carbocycles. The number of aliphatic imine (C=N–C) groups is 1. The fourth-order valence-electron chi connectivity index (χ4n) is 3.02. The molecule has 0 aliphatic carbocycles. The van der Waals surface area contributed by atoms with Gasteiger partial charge in [-0.3, -0.25) is 9.67 Å². The maximum absolute atomic E-state index is 4.65. The van der Waals surface area contributed by atoms with Gasteiger partial charge in [0.25, 0.3) is 0 Å². The van der Waals surface area contributed by atoms with E-state index in [1.54, 1.807) is 6.20 Å². The molecule has 0 spiro atoms. The zero-order valence-electron chi connectivity index (χ0n) is 15.6. The molecule has 0 amide bonds. The third-order valence-electron chi connectivity index (χ3n) is 4.33. The molecule has 0 aliphatic rings. The van der Waals surface area contributed by atoms with Crippen LogP contribution in [0.5, 0.6) is 0 Å². The summed E-state index contributed by atoms with van der Waals surface area (Å²) < 4.78 is 1.94. The standard InChI is InChI=1S/C20H28N6/c1-3-21-20(22-9-4-12-26-13-5-10-25-26)23-11-8-17-15-24-19-14-16(2)6-7-18(17)19/h5-7,10,13-15,24H,3-4,8-9,11-12H2,1-2H3,(H2,21,22,23). The normalized spacial score (nSPS) is 11.8. The molecular formula is C20H28N6. The number of hydrogen-bond donors (Lipinski definition) is 3. The maximum atomic E-state index is 4.65. The first-order chi connectivity index (χ1) is 12.8. The number of nitrogens with zero attached hydrogens (tertiary/aromatic N) is 3. The topological polar surface area (TPSA) is 70.0 Å². The molecule has 3 rings (SSSR count). The molecule has 2 heterocycles. The molecule has 0 saturated heterocycles. The van der Waals surface area contributed by atoms with E-state index in [-0.39, 0.29) is 0 Å². The van der Waals surface area contributed by atoms with Crippen LogP contribution in [0.15, 0.2) is 47.8 Å². The molecule has 0 bridgehead atoms. The Balaban J connectivity index is 1.48. The largest absolute Gasteiger partial charge is 0.361 e. The molecule has 3 N–H and O–H groups in total. The van der Waals surface area contributed by atoms with E-state index in [0.717, 1.165) is 45.0 Å². The van der Waals surface area contributed by atoms with Gasteiger partial charge in [0.1, 0.15) is 0 Å². The highest BCUT2D eigenvalue weighted by atomic mass is 15.3. The Bertz CT molecular complexity index is 831. The Labute approximate surface area is 154 Å². The predicted molar refractivity (Wildman–Crippen MR) is 108 cm³/mol. The molecule has 0 unspecified atom stereocenters. The lowest BCUT2D eigenvalue weighted by Crippen LogP contribution is -2.38. The third kappa shape index (κ3) is 4.88. The number of rotatable bonds is 8. The van der Waals surface area contributed by atoms with Gasteiger partial charge in [-0.1, -0.05) is 12.1 Å². The number of aromatic nitrogens is 3. The van der Waals surface area contributed by atoms with Crippen LogP contribution >= 0.6 is 0 Å². The minimum atomic E-state index is 0.779. The Morgan fingerprint density at radius 2 is 2.23 bits per heavy atom. The highest BCUT2D eigenvalue weighted by Gasteiger charge is 2.04.